The van der Waals surface area contributed by atoms with Crippen molar-refractivity contribution < 1.29 is 14.7 Å². The molecule has 0 aliphatic carbocycles. The molecule has 1 unspecified atom stereocenters. The molecule has 1 heterocycles. The number of amides is 2. The van der Waals surface area contributed by atoms with E-state index in [0.717, 1.165) is 0 Å². The number of hydrogen-bond donors (Lipinski definition) is 3. The standard InChI is InChI=1S/C11H15N3O3/c1-7(9-5-3-4-6-12-9)13-11(17)14-8(2)10(15)16/h3-8H,1-2H3,(H,15,16)(H2,13,14,17)/t7?,8-/m0/s1. The van der Waals surface area contributed by atoms with Gasteiger partial charge in [0.15, 0.2) is 0 Å². The summed E-state index contributed by atoms with van der Waals surface area (Å²) < 4.78 is 0. The molecule has 0 aromatic carbocycles. The molecule has 0 bridgehead atoms. The third kappa shape index (κ3) is 4.10. The Morgan fingerprint density at radius 1 is 1.29 bits per heavy atom. The molecule has 1 rings (SSSR count). The maximum atomic E-state index is 11.4. The van der Waals surface area contributed by atoms with E-state index in [1.165, 1.54) is 6.92 Å². The van der Waals surface area contributed by atoms with Crippen molar-refractivity contribution in [2.24, 2.45) is 0 Å². The average Bonchev–Trinajstić information content (AvgIpc) is 2.29. The number of aliphatic carboxylic acids is 1. The predicted octanol–water partition coefficient (Wildman–Crippen LogP) is 0.915. The molecule has 0 aliphatic rings. The van der Waals surface area contributed by atoms with Gasteiger partial charge in [-0.3, -0.25) is 9.78 Å². The van der Waals surface area contributed by atoms with Crippen LogP contribution in [0.4, 0.5) is 4.79 Å². The summed E-state index contributed by atoms with van der Waals surface area (Å²) in [7, 11) is 0. The van der Waals surface area contributed by atoms with Gasteiger partial charge in [-0.05, 0) is 26.0 Å². The van der Waals surface area contributed by atoms with Crippen LogP contribution in [0.3, 0.4) is 0 Å². The second-order valence-corrected chi connectivity index (χ2v) is 3.65. The van der Waals surface area contributed by atoms with Crippen LogP contribution in [0.15, 0.2) is 24.4 Å². The van der Waals surface area contributed by atoms with Crippen molar-refractivity contribution in [3.8, 4) is 0 Å². The number of pyridine rings is 1. The fourth-order valence-electron chi connectivity index (χ4n) is 1.20. The number of urea groups is 1. The van der Waals surface area contributed by atoms with Crippen molar-refractivity contribution in [2.75, 3.05) is 0 Å². The first-order chi connectivity index (χ1) is 8.00. The Morgan fingerprint density at radius 2 is 2.00 bits per heavy atom. The molecule has 1 aromatic rings. The third-order valence-corrected chi connectivity index (χ3v) is 2.20. The molecule has 2 atom stereocenters. The number of nitrogens with zero attached hydrogens (tertiary/aromatic N) is 1. The lowest BCUT2D eigenvalue weighted by atomic mass is 10.2. The molecule has 3 N–H and O–H groups in total. The number of carboxylic acid groups (broad SMARTS) is 1. The third-order valence-electron chi connectivity index (χ3n) is 2.20. The summed E-state index contributed by atoms with van der Waals surface area (Å²) in [6.45, 7) is 3.17. The van der Waals surface area contributed by atoms with E-state index in [2.05, 4.69) is 15.6 Å². The fourth-order valence-corrected chi connectivity index (χ4v) is 1.20. The van der Waals surface area contributed by atoms with Crippen molar-refractivity contribution in [3.05, 3.63) is 30.1 Å². The van der Waals surface area contributed by atoms with E-state index in [9.17, 15) is 9.59 Å². The minimum Gasteiger partial charge on any atom is -0.480 e. The highest BCUT2D eigenvalue weighted by Crippen LogP contribution is 2.07. The summed E-state index contributed by atoms with van der Waals surface area (Å²) in [6, 6.07) is 3.65. The van der Waals surface area contributed by atoms with Crippen molar-refractivity contribution in [2.45, 2.75) is 25.9 Å². The lowest BCUT2D eigenvalue weighted by molar-refractivity contribution is -0.138. The number of hydrogen-bond acceptors (Lipinski definition) is 3. The Hall–Kier alpha value is -2.11. The summed E-state index contributed by atoms with van der Waals surface area (Å²) >= 11 is 0. The molecule has 92 valence electrons. The Kier molecular flexibility index (Phi) is 4.45. The Balaban J connectivity index is 2.49. The SMILES string of the molecule is CC(NC(=O)N[C@@H](C)C(=O)O)c1ccccn1. The number of aromatic nitrogens is 1. The number of rotatable bonds is 4. The zero-order valence-corrected chi connectivity index (χ0v) is 9.68. The molecular weight excluding hydrogens is 222 g/mol. The van der Waals surface area contributed by atoms with E-state index in [0.29, 0.717) is 5.69 Å². The molecule has 0 saturated heterocycles. The van der Waals surface area contributed by atoms with Gasteiger partial charge in [-0.25, -0.2) is 4.79 Å². The highest BCUT2D eigenvalue weighted by atomic mass is 16.4. The minimum absolute atomic E-state index is 0.280. The maximum absolute atomic E-state index is 11.4. The Bertz CT molecular complexity index is 394. The molecule has 0 fully saturated rings. The van der Waals surface area contributed by atoms with Gasteiger partial charge in [-0.1, -0.05) is 6.07 Å². The fraction of sp³-hybridized carbons (Fsp3) is 0.364. The smallest absolute Gasteiger partial charge is 0.325 e. The molecule has 6 nitrogen and oxygen atoms in total. The van der Waals surface area contributed by atoms with E-state index in [1.54, 1.807) is 25.3 Å². The molecule has 1 aromatic heterocycles. The largest absolute Gasteiger partial charge is 0.480 e. The predicted molar refractivity (Wildman–Crippen MR) is 61.4 cm³/mol. The molecule has 0 saturated carbocycles. The van der Waals surface area contributed by atoms with Crippen LogP contribution in [-0.4, -0.2) is 28.1 Å². The van der Waals surface area contributed by atoms with Crippen molar-refractivity contribution in [3.63, 3.8) is 0 Å². The van der Waals surface area contributed by atoms with E-state index >= 15 is 0 Å². The van der Waals surface area contributed by atoms with Crippen LogP contribution in [0.25, 0.3) is 0 Å². The topological polar surface area (TPSA) is 91.3 Å². The number of nitrogens with one attached hydrogen (secondary N) is 2. The Labute approximate surface area is 99.1 Å². The van der Waals surface area contributed by atoms with Crippen LogP contribution < -0.4 is 10.6 Å². The zero-order valence-electron chi connectivity index (χ0n) is 9.68. The van der Waals surface area contributed by atoms with Gasteiger partial charge in [-0.15, -0.1) is 0 Å². The van der Waals surface area contributed by atoms with Gasteiger partial charge in [0.25, 0.3) is 0 Å². The molecule has 0 radical (unpaired) electrons. The quantitative estimate of drug-likeness (QED) is 0.726. The highest BCUT2D eigenvalue weighted by molar-refractivity contribution is 5.82. The molecule has 17 heavy (non-hydrogen) atoms. The maximum Gasteiger partial charge on any atom is 0.325 e. The van der Waals surface area contributed by atoms with Gasteiger partial charge in [0, 0.05) is 6.20 Å². The second kappa shape index (κ2) is 5.83. The Morgan fingerprint density at radius 3 is 2.53 bits per heavy atom. The summed E-state index contributed by atoms with van der Waals surface area (Å²) in [5.41, 5.74) is 0.714. The first kappa shape index (κ1) is 13.0. The van der Waals surface area contributed by atoms with Crippen LogP contribution in [0, 0.1) is 0 Å². The average molecular weight is 237 g/mol. The number of carbonyl (C=O) groups excluding carboxylic acids is 1. The molecular formula is C11H15N3O3. The second-order valence-electron chi connectivity index (χ2n) is 3.65. The van der Waals surface area contributed by atoms with Crippen LogP contribution >= 0.6 is 0 Å². The first-order valence-electron chi connectivity index (χ1n) is 5.21. The van der Waals surface area contributed by atoms with Crippen LogP contribution in [0.5, 0.6) is 0 Å². The lowest BCUT2D eigenvalue weighted by Gasteiger charge is -2.15. The monoisotopic (exact) mass is 237 g/mol. The molecule has 2 amide bonds. The summed E-state index contributed by atoms with van der Waals surface area (Å²) in [4.78, 5) is 26.1. The van der Waals surface area contributed by atoms with E-state index in [-0.39, 0.29) is 6.04 Å². The van der Waals surface area contributed by atoms with Gasteiger partial charge in [-0.2, -0.15) is 0 Å². The van der Waals surface area contributed by atoms with Crippen LogP contribution in [-0.2, 0) is 4.79 Å². The van der Waals surface area contributed by atoms with Gasteiger partial charge >= 0.3 is 12.0 Å². The van der Waals surface area contributed by atoms with Crippen LogP contribution in [0.1, 0.15) is 25.6 Å². The van der Waals surface area contributed by atoms with Gasteiger partial charge < -0.3 is 15.7 Å². The van der Waals surface area contributed by atoms with Gasteiger partial charge in [0.05, 0.1) is 11.7 Å². The van der Waals surface area contributed by atoms with Crippen molar-refractivity contribution >= 4 is 12.0 Å². The lowest BCUT2D eigenvalue weighted by Crippen LogP contribution is -2.45. The molecule has 0 aliphatic heterocycles. The van der Waals surface area contributed by atoms with E-state index in [1.807, 2.05) is 6.07 Å². The summed E-state index contributed by atoms with van der Waals surface area (Å²) in [5, 5.41) is 13.5. The van der Waals surface area contributed by atoms with Crippen molar-refractivity contribution in [1.29, 1.82) is 0 Å². The van der Waals surface area contributed by atoms with E-state index < -0.39 is 18.0 Å². The normalized spacial score (nSPS) is 13.5. The summed E-state index contributed by atoms with van der Waals surface area (Å²) in [6.07, 6.45) is 1.63. The zero-order chi connectivity index (χ0) is 12.8. The van der Waals surface area contributed by atoms with Crippen molar-refractivity contribution in [1.82, 2.24) is 15.6 Å². The molecule has 0 spiro atoms. The van der Waals surface area contributed by atoms with Gasteiger partial charge in [0.2, 0.25) is 0 Å². The number of carbonyl (C=O) groups is 2. The first-order valence-corrected chi connectivity index (χ1v) is 5.21. The van der Waals surface area contributed by atoms with E-state index in [4.69, 9.17) is 5.11 Å². The molecule has 6 heteroatoms. The summed E-state index contributed by atoms with van der Waals surface area (Å²) in [5.74, 6) is -1.08. The number of carboxylic acids is 1. The van der Waals surface area contributed by atoms with Gasteiger partial charge in [0.1, 0.15) is 6.04 Å². The highest BCUT2D eigenvalue weighted by Gasteiger charge is 2.16. The minimum atomic E-state index is -1.08. The van der Waals surface area contributed by atoms with Crippen LogP contribution in [0.2, 0.25) is 0 Å².